The third kappa shape index (κ3) is 3.62. The van der Waals surface area contributed by atoms with Gasteiger partial charge in [-0.25, -0.2) is 9.59 Å². The van der Waals surface area contributed by atoms with E-state index in [4.69, 9.17) is 23.7 Å². The molecule has 11 nitrogen and oxygen atoms in total. The molecule has 0 aromatic carbocycles. The van der Waals surface area contributed by atoms with Crippen LogP contribution < -0.4 is 0 Å². The van der Waals surface area contributed by atoms with Gasteiger partial charge in [0.1, 0.15) is 37.1 Å². The summed E-state index contributed by atoms with van der Waals surface area (Å²) in [6.45, 7) is -0.674. The maximum Gasteiger partial charge on any atom is 0.367 e. The van der Waals surface area contributed by atoms with Gasteiger partial charge in [0, 0.05) is 5.92 Å². The van der Waals surface area contributed by atoms with Crippen LogP contribution in [0.15, 0.2) is 23.5 Å². The minimum Gasteiger partial charge on any atom is -0.471 e. The van der Waals surface area contributed by atoms with Crippen LogP contribution in [0.2, 0.25) is 0 Å². The number of thioether (sulfide) groups is 1. The fourth-order valence-corrected chi connectivity index (χ4v) is 4.31. The summed E-state index contributed by atoms with van der Waals surface area (Å²) < 4.78 is 27.2. The standard InChI is InChI=1S/C18H22O11S/c1-30-18(24)26-4-6-2-8-11-7(15(23)27-8)5-25-16(10(6)11)29-17-14(22)13(21)12(20)9(3-19)28-17/h2,5,8-14,16-17,19-22H,3-4H2,1H3/t8?,9-,10+,11-,12-,13-,14-,16-,17+/m1/s1. The number of aliphatic hydroxyl groups is 4. The summed E-state index contributed by atoms with van der Waals surface area (Å²) >= 11 is 0.910. The van der Waals surface area contributed by atoms with Gasteiger partial charge in [-0.15, -0.1) is 0 Å². The lowest BCUT2D eigenvalue weighted by Gasteiger charge is -2.42. The van der Waals surface area contributed by atoms with E-state index in [0.29, 0.717) is 11.1 Å². The highest BCUT2D eigenvalue weighted by Gasteiger charge is 2.56. The van der Waals surface area contributed by atoms with Crippen molar-refractivity contribution in [2.24, 2.45) is 11.8 Å². The lowest BCUT2D eigenvalue weighted by atomic mass is 9.84. The number of carbonyl (C=O) groups excluding carboxylic acids is 2. The van der Waals surface area contributed by atoms with Crippen LogP contribution >= 0.6 is 11.8 Å². The molecule has 4 aliphatic rings. The molecule has 0 aromatic rings. The van der Waals surface area contributed by atoms with Gasteiger partial charge in [0.2, 0.25) is 6.29 Å². The smallest absolute Gasteiger partial charge is 0.367 e. The predicted octanol–water partition coefficient (Wildman–Crippen LogP) is -1.36. The molecule has 2 fully saturated rings. The topological polar surface area (TPSA) is 161 Å². The Morgan fingerprint density at radius 3 is 2.63 bits per heavy atom. The van der Waals surface area contributed by atoms with Crippen LogP contribution in [0.5, 0.6) is 0 Å². The third-order valence-electron chi connectivity index (χ3n) is 5.65. The highest BCUT2D eigenvalue weighted by Crippen LogP contribution is 2.49. The summed E-state index contributed by atoms with van der Waals surface area (Å²) in [4.78, 5) is 23.6. The predicted molar refractivity (Wildman–Crippen MR) is 97.6 cm³/mol. The zero-order valence-corrected chi connectivity index (χ0v) is 16.6. The Balaban J connectivity index is 1.54. The van der Waals surface area contributed by atoms with Crippen molar-refractivity contribution in [2.75, 3.05) is 19.5 Å². The fraction of sp³-hybridized carbons (Fsp3) is 0.667. The Hall–Kier alpha value is -1.67. The molecule has 0 saturated carbocycles. The number of ether oxygens (including phenoxy) is 5. The van der Waals surface area contributed by atoms with Crippen molar-refractivity contribution in [3.8, 4) is 0 Å². The summed E-state index contributed by atoms with van der Waals surface area (Å²) in [5.41, 5.74) is 0.932. The Morgan fingerprint density at radius 2 is 1.93 bits per heavy atom. The lowest BCUT2D eigenvalue weighted by molar-refractivity contribution is -0.339. The Labute approximate surface area is 175 Å². The van der Waals surface area contributed by atoms with Crippen molar-refractivity contribution in [1.82, 2.24) is 0 Å². The molecule has 0 radical (unpaired) electrons. The fourth-order valence-electron chi connectivity index (χ4n) is 4.14. The van der Waals surface area contributed by atoms with Gasteiger partial charge < -0.3 is 44.1 Å². The highest BCUT2D eigenvalue weighted by atomic mass is 32.2. The van der Waals surface area contributed by atoms with E-state index in [2.05, 4.69) is 0 Å². The second-order valence-electron chi connectivity index (χ2n) is 7.32. The number of hydrogen-bond acceptors (Lipinski definition) is 12. The largest absolute Gasteiger partial charge is 0.471 e. The van der Waals surface area contributed by atoms with Crippen molar-refractivity contribution in [3.63, 3.8) is 0 Å². The zero-order chi connectivity index (χ0) is 21.6. The molecular formula is C18H22O11S. The van der Waals surface area contributed by atoms with Gasteiger partial charge in [0.05, 0.1) is 24.4 Å². The van der Waals surface area contributed by atoms with Gasteiger partial charge in [0.15, 0.2) is 6.29 Å². The van der Waals surface area contributed by atoms with Crippen molar-refractivity contribution in [3.05, 3.63) is 23.5 Å². The summed E-state index contributed by atoms with van der Waals surface area (Å²) in [5, 5.41) is 39.0. The van der Waals surface area contributed by atoms with Gasteiger partial charge in [-0.2, -0.15) is 0 Å². The van der Waals surface area contributed by atoms with Gasteiger partial charge in [0.25, 0.3) is 0 Å². The molecular weight excluding hydrogens is 424 g/mol. The number of hydrogen-bond donors (Lipinski definition) is 4. The second kappa shape index (κ2) is 8.46. The van der Waals surface area contributed by atoms with Crippen LogP contribution in [-0.4, -0.2) is 94.3 Å². The molecule has 0 aromatic heterocycles. The lowest BCUT2D eigenvalue weighted by Crippen LogP contribution is -2.60. The molecule has 30 heavy (non-hydrogen) atoms. The monoisotopic (exact) mass is 446 g/mol. The summed E-state index contributed by atoms with van der Waals surface area (Å²) in [6.07, 6.45) is -4.47. The van der Waals surface area contributed by atoms with Gasteiger partial charge in [-0.1, -0.05) is 0 Å². The molecule has 1 aliphatic carbocycles. The molecule has 4 rings (SSSR count). The minimum atomic E-state index is -1.61. The van der Waals surface area contributed by atoms with Crippen molar-refractivity contribution in [1.29, 1.82) is 0 Å². The number of carbonyl (C=O) groups is 2. The van der Waals surface area contributed by atoms with E-state index < -0.39 is 72.8 Å². The molecule has 166 valence electrons. The van der Waals surface area contributed by atoms with E-state index in [1.807, 2.05) is 0 Å². The first-order valence-corrected chi connectivity index (χ1v) is 10.5. The molecule has 9 atom stereocenters. The van der Waals surface area contributed by atoms with Gasteiger partial charge in [-0.05, 0) is 29.7 Å². The molecule has 0 amide bonds. The van der Waals surface area contributed by atoms with Crippen molar-refractivity contribution >= 4 is 23.0 Å². The van der Waals surface area contributed by atoms with Crippen molar-refractivity contribution < 1.29 is 53.7 Å². The van der Waals surface area contributed by atoms with E-state index in [-0.39, 0.29) is 6.61 Å². The van der Waals surface area contributed by atoms with E-state index in [1.54, 1.807) is 12.3 Å². The average molecular weight is 446 g/mol. The summed E-state index contributed by atoms with van der Waals surface area (Å²) in [7, 11) is 0. The van der Waals surface area contributed by atoms with Crippen LogP contribution in [-0.2, 0) is 28.5 Å². The summed E-state index contributed by atoms with van der Waals surface area (Å²) in [6, 6.07) is 0. The maximum atomic E-state index is 12.0. The van der Waals surface area contributed by atoms with Gasteiger partial charge in [-0.3, -0.25) is 0 Å². The quantitative estimate of drug-likeness (QED) is 0.290. The molecule has 12 heteroatoms. The minimum absolute atomic E-state index is 0.0694. The maximum absolute atomic E-state index is 12.0. The number of esters is 1. The molecule has 0 bridgehead atoms. The van der Waals surface area contributed by atoms with E-state index in [1.165, 1.54) is 6.26 Å². The zero-order valence-electron chi connectivity index (χ0n) is 15.8. The van der Waals surface area contributed by atoms with E-state index in [0.717, 1.165) is 11.8 Å². The molecule has 0 spiro atoms. The van der Waals surface area contributed by atoms with Crippen LogP contribution in [0.1, 0.15) is 0 Å². The number of aliphatic hydroxyl groups excluding tert-OH is 4. The third-order valence-corrected chi connectivity index (χ3v) is 6.10. The normalized spacial score (nSPS) is 42.0. The molecule has 3 aliphatic heterocycles. The van der Waals surface area contributed by atoms with E-state index >= 15 is 0 Å². The molecule has 3 heterocycles. The average Bonchev–Trinajstić information content (AvgIpc) is 3.26. The van der Waals surface area contributed by atoms with Crippen LogP contribution in [0.25, 0.3) is 0 Å². The first kappa shape index (κ1) is 21.6. The van der Waals surface area contributed by atoms with Crippen LogP contribution in [0.3, 0.4) is 0 Å². The first-order valence-electron chi connectivity index (χ1n) is 9.29. The molecule has 4 N–H and O–H groups in total. The highest BCUT2D eigenvalue weighted by molar-refractivity contribution is 8.12. The molecule has 1 unspecified atom stereocenters. The van der Waals surface area contributed by atoms with E-state index in [9.17, 15) is 30.0 Å². The first-order chi connectivity index (χ1) is 14.3. The second-order valence-corrected chi connectivity index (χ2v) is 8.06. The Morgan fingerprint density at radius 1 is 1.17 bits per heavy atom. The number of rotatable bonds is 5. The summed E-state index contributed by atoms with van der Waals surface area (Å²) in [5.74, 6) is -1.52. The van der Waals surface area contributed by atoms with Crippen LogP contribution in [0, 0.1) is 11.8 Å². The Kier molecular flexibility index (Phi) is 6.08. The SMILES string of the molecule is CSC(=O)OCC1=CC2OC(=O)C3=CO[C@H](O[C@@H]4O[C@H](CO)[C@@H](O)[C@@H](O)[C@H]4O)[C@@H]1[C@H]32. The van der Waals surface area contributed by atoms with Gasteiger partial charge >= 0.3 is 11.3 Å². The molecule has 2 saturated heterocycles. The van der Waals surface area contributed by atoms with Crippen LogP contribution in [0.4, 0.5) is 4.79 Å². The van der Waals surface area contributed by atoms with Crippen molar-refractivity contribution in [2.45, 2.75) is 43.1 Å². The Bertz CT molecular complexity index is 765.